The van der Waals surface area contributed by atoms with Gasteiger partial charge in [0.1, 0.15) is 5.82 Å². The average molecular weight is 438 g/mol. The molecule has 7 heteroatoms. The van der Waals surface area contributed by atoms with Gasteiger partial charge >= 0.3 is 0 Å². The molecule has 0 saturated heterocycles. The molecule has 0 aliphatic rings. The van der Waals surface area contributed by atoms with E-state index in [1.54, 1.807) is 19.2 Å². The second-order valence-corrected chi connectivity index (χ2v) is 6.14. The SMILES string of the molecule is CCNc1nc(-c2ccc(Cl)c(Cl)c2)nc(COC)c1I. The minimum Gasteiger partial charge on any atom is -0.378 e. The first-order chi connectivity index (χ1) is 10.1. The monoisotopic (exact) mass is 437 g/mol. The first-order valence-corrected chi connectivity index (χ1v) is 8.15. The Bertz CT molecular complexity index is 625. The van der Waals surface area contributed by atoms with Gasteiger partial charge in [0.05, 0.1) is 25.9 Å². The molecule has 112 valence electrons. The number of methoxy groups -OCH3 is 1. The number of halogens is 3. The number of anilines is 1. The van der Waals surface area contributed by atoms with Crippen molar-refractivity contribution in [1.29, 1.82) is 0 Å². The molecule has 0 unspecified atom stereocenters. The van der Waals surface area contributed by atoms with Crippen LogP contribution in [0.25, 0.3) is 11.4 Å². The number of nitrogens with one attached hydrogen (secondary N) is 1. The Hall–Kier alpha value is -0.630. The first-order valence-electron chi connectivity index (χ1n) is 6.31. The molecule has 4 nitrogen and oxygen atoms in total. The summed E-state index contributed by atoms with van der Waals surface area (Å²) in [6, 6.07) is 5.35. The Morgan fingerprint density at radius 2 is 2.00 bits per heavy atom. The molecule has 0 fully saturated rings. The number of nitrogens with zero attached hydrogens (tertiary/aromatic N) is 2. The number of hydrogen-bond acceptors (Lipinski definition) is 4. The summed E-state index contributed by atoms with van der Waals surface area (Å²) in [6.45, 7) is 3.22. The average Bonchev–Trinajstić information content (AvgIpc) is 2.46. The summed E-state index contributed by atoms with van der Waals surface area (Å²) in [5.41, 5.74) is 1.66. The lowest BCUT2D eigenvalue weighted by atomic mass is 10.2. The molecule has 1 aromatic carbocycles. The largest absolute Gasteiger partial charge is 0.378 e. The van der Waals surface area contributed by atoms with Gasteiger partial charge in [-0.3, -0.25) is 0 Å². The van der Waals surface area contributed by atoms with Gasteiger partial charge in [-0.25, -0.2) is 9.97 Å². The van der Waals surface area contributed by atoms with Crippen molar-refractivity contribution in [3.63, 3.8) is 0 Å². The quantitative estimate of drug-likeness (QED) is 0.692. The van der Waals surface area contributed by atoms with Crippen LogP contribution >= 0.6 is 45.8 Å². The minimum absolute atomic E-state index is 0.424. The predicted molar refractivity (Wildman–Crippen MR) is 95.1 cm³/mol. The van der Waals surface area contributed by atoms with Gasteiger partial charge in [-0.15, -0.1) is 0 Å². The third kappa shape index (κ3) is 3.97. The lowest BCUT2D eigenvalue weighted by Crippen LogP contribution is -2.08. The van der Waals surface area contributed by atoms with Crippen LogP contribution in [0.3, 0.4) is 0 Å². The summed E-state index contributed by atoms with van der Waals surface area (Å²) in [5.74, 6) is 1.39. The third-order valence-corrected chi connectivity index (χ3v) is 4.60. The van der Waals surface area contributed by atoms with Crippen LogP contribution in [0, 0.1) is 3.57 Å². The lowest BCUT2D eigenvalue weighted by Gasteiger charge is -2.12. The molecule has 0 aliphatic carbocycles. The number of benzene rings is 1. The van der Waals surface area contributed by atoms with Gasteiger partial charge in [0, 0.05) is 19.2 Å². The topological polar surface area (TPSA) is 47.0 Å². The molecular weight excluding hydrogens is 424 g/mol. The summed E-state index contributed by atoms with van der Waals surface area (Å²) in [5, 5.41) is 4.23. The molecular formula is C14H14Cl2IN3O. The Balaban J connectivity index is 2.53. The molecule has 21 heavy (non-hydrogen) atoms. The maximum atomic E-state index is 6.07. The van der Waals surface area contributed by atoms with Crippen molar-refractivity contribution in [3.05, 3.63) is 37.5 Å². The summed E-state index contributed by atoms with van der Waals surface area (Å²) in [6.07, 6.45) is 0. The fourth-order valence-corrected chi connectivity index (χ4v) is 2.66. The van der Waals surface area contributed by atoms with Gasteiger partial charge in [0.25, 0.3) is 0 Å². The Kier molecular flexibility index (Phi) is 6.04. The second-order valence-electron chi connectivity index (χ2n) is 4.25. The fraction of sp³-hybridized carbons (Fsp3) is 0.286. The van der Waals surface area contributed by atoms with Crippen LogP contribution < -0.4 is 5.32 Å². The molecule has 0 atom stereocenters. The van der Waals surface area contributed by atoms with E-state index in [2.05, 4.69) is 37.9 Å². The molecule has 0 saturated carbocycles. The van der Waals surface area contributed by atoms with Crippen molar-refractivity contribution in [3.8, 4) is 11.4 Å². The molecule has 0 spiro atoms. The van der Waals surface area contributed by atoms with Gasteiger partial charge < -0.3 is 10.1 Å². The molecule has 0 radical (unpaired) electrons. The van der Waals surface area contributed by atoms with Crippen LogP contribution in [0.15, 0.2) is 18.2 Å². The van der Waals surface area contributed by atoms with Crippen molar-refractivity contribution in [2.75, 3.05) is 19.0 Å². The van der Waals surface area contributed by atoms with Crippen LogP contribution in [0.2, 0.25) is 10.0 Å². The highest BCUT2D eigenvalue weighted by Crippen LogP contribution is 2.29. The van der Waals surface area contributed by atoms with Gasteiger partial charge in [-0.1, -0.05) is 23.2 Å². The summed E-state index contributed by atoms with van der Waals surface area (Å²) in [7, 11) is 1.64. The van der Waals surface area contributed by atoms with Crippen molar-refractivity contribution < 1.29 is 4.74 Å². The van der Waals surface area contributed by atoms with Crippen LogP contribution in [0.5, 0.6) is 0 Å². The highest BCUT2D eigenvalue weighted by Gasteiger charge is 2.13. The second kappa shape index (κ2) is 7.58. The maximum absolute atomic E-state index is 6.07. The summed E-state index contributed by atoms with van der Waals surface area (Å²) >= 11 is 14.2. The predicted octanol–water partition coefficient (Wildman–Crippen LogP) is 4.63. The molecule has 0 bridgehead atoms. The van der Waals surface area contributed by atoms with E-state index in [4.69, 9.17) is 27.9 Å². The normalized spacial score (nSPS) is 10.7. The van der Waals surface area contributed by atoms with E-state index in [9.17, 15) is 0 Å². The van der Waals surface area contributed by atoms with Gasteiger partial charge in [-0.05, 0) is 47.7 Å². The first kappa shape index (κ1) is 16.7. The zero-order valence-corrected chi connectivity index (χ0v) is 15.3. The van der Waals surface area contributed by atoms with Crippen molar-refractivity contribution in [2.24, 2.45) is 0 Å². The molecule has 0 aliphatic heterocycles. The summed E-state index contributed by atoms with van der Waals surface area (Å²) in [4.78, 5) is 9.12. The van der Waals surface area contributed by atoms with Gasteiger partial charge in [0.15, 0.2) is 5.82 Å². The summed E-state index contributed by atoms with van der Waals surface area (Å²) < 4.78 is 6.16. The van der Waals surface area contributed by atoms with E-state index in [1.165, 1.54) is 0 Å². The molecule has 1 heterocycles. The van der Waals surface area contributed by atoms with E-state index in [1.807, 2.05) is 13.0 Å². The van der Waals surface area contributed by atoms with Crippen LogP contribution in [0.4, 0.5) is 5.82 Å². The smallest absolute Gasteiger partial charge is 0.161 e. The standard InChI is InChI=1S/C14H14Cl2IN3O/c1-3-18-14-12(17)11(7-21-2)19-13(20-14)8-4-5-9(15)10(16)6-8/h4-6H,3,7H2,1-2H3,(H,18,19,20). The Morgan fingerprint density at radius 3 is 2.62 bits per heavy atom. The Morgan fingerprint density at radius 1 is 1.24 bits per heavy atom. The van der Waals surface area contributed by atoms with E-state index < -0.39 is 0 Å². The zero-order chi connectivity index (χ0) is 15.4. The molecule has 1 aromatic heterocycles. The number of hydrogen-bond donors (Lipinski definition) is 1. The number of rotatable bonds is 5. The minimum atomic E-state index is 0.424. The molecule has 2 rings (SSSR count). The third-order valence-electron chi connectivity index (χ3n) is 2.72. The van der Waals surface area contributed by atoms with Crippen molar-refractivity contribution in [1.82, 2.24) is 9.97 Å². The van der Waals surface area contributed by atoms with E-state index >= 15 is 0 Å². The highest BCUT2D eigenvalue weighted by molar-refractivity contribution is 14.1. The lowest BCUT2D eigenvalue weighted by molar-refractivity contribution is 0.181. The van der Waals surface area contributed by atoms with Crippen molar-refractivity contribution >= 4 is 51.6 Å². The van der Waals surface area contributed by atoms with E-state index in [0.29, 0.717) is 22.5 Å². The van der Waals surface area contributed by atoms with Crippen molar-refractivity contribution in [2.45, 2.75) is 13.5 Å². The fourth-order valence-electron chi connectivity index (χ4n) is 1.77. The van der Waals surface area contributed by atoms with Gasteiger partial charge in [-0.2, -0.15) is 0 Å². The number of aromatic nitrogens is 2. The van der Waals surface area contributed by atoms with Gasteiger partial charge in [0.2, 0.25) is 0 Å². The van der Waals surface area contributed by atoms with E-state index in [-0.39, 0.29) is 0 Å². The van der Waals surface area contributed by atoms with Crippen LogP contribution in [0.1, 0.15) is 12.6 Å². The number of ether oxygens (including phenoxy) is 1. The molecule has 0 amide bonds. The van der Waals surface area contributed by atoms with E-state index in [0.717, 1.165) is 27.2 Å². The molecule has 2 aromatic rings. The van der Waals surface area contributed by atoms with Crippen LogP contribution in [-0.2, 0) is 11.3 Å². The Labute approximate surface area is 147 Å². The molecule has 1 N–H and O–H groups in total. The maximum Gasteiger partial charge on any atom is 0.161 e. The zero-order valence-electron chi connectivity index (χ0n) is 11.6. The highest BCUT2D eigenvalue weighted by atomic mass is 127. The van der Waals surface area contributed by atoms with Crippen LogP contribution in [-0.4, -0.2) is 23.6 Å².